The third-order valence-corrected chi connectivity index (χ3v) is 4.98. The van der Waals surface area contributed by atoms with E-state index in [2.05, 4.69) is 58.8 Å². The predicted octanol–water partition coefficient (Wildman–Crippen LogP) is 3.87. The monoisotopic (exact) mass is 301 g/mol. The van der Waals surface area contributed by atoms with E-state index in [4.69, 9.17) is 0 Å². The Hall–Kier alpha value is -1.39. The molecule has 2 heterocycles. The minimum Gasteiger partial charge on any atom is -0.385 e. The number of hydrogen-bond acceptors (Lipinski definition) is 4. The van der Waals surface area contributed by atoms with Crippen molar-refractivity contribution in [2.75, 3.05) is 32.0 Å². The van der Waals surface area contributed by atoms with Crippen LogP contribution in [0.1, 0.15) is 17.8 Å². The molecule has 0 atom stereocenters. The molecule has 112 valence electrons. The van der Waals surface area contributed by atoms with Crippen LogP contribution in [-0.2, 0) is 0 Å². The number of benzene rings is 1. The molecule has 4 heteroatoms. The zero-order chi connectivity index (χ0) is 14.7. The van der Waals surface area contributed by atoms with Crippen LogP contribution in [0, 0.1) is 12.8 Å². The van der Waals surface area contributed by atoms with Crippen LogP contribution in [0.25, 0.3) is 11.3 Å². The first-order valence-electron chi connectivity index (χ1n) is 7.66. The van der Waals surface area contributed by atoms with Crippen LogP contribution in [0.2, 0.25) is 0 Å². The molecule has 0 unspecified atom stereocenters. The number of nitrogens with zero attached hydrogens (tertiary/aromatic N) is 2. The molecule has 21 heavy (non-hydrogen) atoms. The van der Waals surface area contributed by atoms with E-state index in [0.29, 0.717) is 0 Å². The van der Waals surface area contributed by atoms with Gasteiger partial charge in [0, 0.05) is 23.2 Å². The van der Waals surface area contributed by atoms with Gasteiger partial charge in [-0.15, -0.1) is 11.3 Å². The molecule has 0 radical (unpaired) electrons. The van der Waals surface area contributed by atoms with Crippen LogP contribution in [0.4, 0.5) is 5.69 Å². The molecule has 1 fully saturated rings. The number of aromatic nitrogens is 1. The molecule has 0 amide bonds. The third-order valence-electron chi connectivity index (χ3n) is 4.21. The van der Waals surface area contributed by atoms with Gasteiger partial charge in [-0.25, -0.2) is 4.98 Å². The molecule has 1 saturated heterocycles. The van der Waals surface area contributed by atoms with Crippen molar-refractivity contribution in [2.45, 2.75) is 19.8 Å². The van der Waals surface area contributed by atoms with Crippen molar-refractivity contribution in [3.63, 3.8) is 0 Å². The summed E-state index contributed by atoms with van der Waals surface area (Å²) >= 11 is 1.71. The zero-order valence-corrected chi connectivity index (χ0v) is 13.6. The molecule has 1 aliphatic heterocycles. The maximum atomic E-state index is 4.57. The lowest BCUT2D eigenvalue weighted by Crippen LogP contribution is -2.32. The minimum absolute atomic E-state index is 0.798. The average Bonchev–Trinajstić information content (AvgIpc) is 2.94. The lowest BCUT2D eigenvalue weighted by molar-refractivity contribution is 0.226. The Kier molecular flexibility index (Phi) is 4.56. The van der Waals surface area contributed by atoms with Gasteiger partial charge >= 0.3 is 0 Å². The highest BCUT2D eigenvalue weighted by molar-refractivity contribution is 7.09. The molecule has 0 spiro atoms. The number of hydrogen-bond donors (Lipinski definition) is 1. The van der Waals surface area contributed by atoms with Gasteiger partial charge in [-0.05, 0) is 58.0 Å². The molecule has 0 bridgehead atoms. The number of anilines is 1. The highest BCUT2D eigenvalue weighted by atomic mass is 32.1. The Labute approximate surface area is 131 Å². The number of nitrogens with one attached hydrogen (secondary N) is 1. The van der Waals surface area contributed by atoms with Gasteiger partial charge in [-0.1, -0.05) is 12.1 Å². The SMILES string of the molecule is Cc1nc(-c2cccc(NCC3CCN(C)CC3)c2)cs1. The lowest BCUT2D eigenvalue weighted by atomic mass is 9.97. The molecule has 1 aromatic carbocycles. The summed E-state index contributed by atoms with van der Waals surface area (Å²) in [5.41, 5.74) is 3.49. The maximum absolute atomic E-state index is 4.57. The lowest BCUT2D eigenvalue weighted by Gasteiger charge is -2.29. The van der Waals surface area contributed by atoms with Crippen molar-refractivity contribution in [2.24, 2.45) is 5.92 Å². The standard InChI is InChI=1S/C17H23N3S/c1-13-19-17(12-21-13)15-4-3-5-16(10-15)18-11-14-6-8-20(2)9-7-14/h3-5,10,12,14,18H,6-9,11H2,1-2H3. The second-order valence-electron chi connectivity index (χ2n) is 5.96. The zero-order valence-electron chi connectivity index (χ0n) is 12.8. The Morgan fingerprint density at radius 1 is 1.33 bits per heavy atom. The number of aryl methyl sites for hydroxylation is 1. The Morgan fingerprint density at radius 2 is 2.14 bits per heavy atom. The average molecular weight is 301 g/mol. The van der Waals surface area contributed by atoms with Crippen molar-refractivity contribution >= 4 is 17.0 Å². The molecular weight excluding hydrogens is 278 g/mol. The molecular formula is C17H23N3S. The largest absolute Gasteiger partial charge is 0.385 e. The van der Waals surface area contributed by atoms with Gasteiger partial charge in [-0.3, -0.25) is 0 Å². The van der Waals surface area contributed by atoms with E-state index in [0.717, 1.165) is 23.2 Å². The summed E-state index contributed by atoms with van der Waals surface area (Å²) < 4.78 is 0. The van der Waals surface area contributed by atoms with Crippen LogP contribution >= 0.6 is 11.3 Å². The van der Waals surface area contributed by atoms with E-state index < -0.39 is 0 Å². The van der Waals surface area contributed by atoms with Crippen molar-refractivity contribution in [1.29, 1.82) is 0 Å². The summed E-state index contributed by atoms with van der Waals surface area (Å²) in [5.74, 6) is 0.798. The van der Waals surface area contributed by atoms with Gasteiger partial charge in [0.1, 0.15) is 0 Å². The third kappa shape index (κ3) is 3.83. The fourth-order valence-corrected chi connectivity index (χ4v) is 3.43. The quantitative estimate of drug-likeness (QED) is 0.929. The Bertz CT molecular complexity index is 585. The topological polar surface area (TPSA) is 28.2 Å². The Balaban J connectivity index is 1.61. The second kappa shape index (κ2) is 6.58. The fraction of sp³-hybridized carbons (Fsp3) is 0.471. The van der Waals surface area contributed by atoms with Gasteiger partial charge in [0.05, 0.1) is 10.7 Å². The van der Waals surface area contributed by atoms with Crippen LogP contribution < -0.4 is 5.32 Å². The van der Waals surface area contributed by atoms with Crippen molar-refractivity contribution in [3.8, 4) is 11.3 Å². The molecule has 3 rings (SSSR count). The van der Waals surface area contributed by atoms with Crippen LogP contribution in [0.5, 0.6) is 0 Å². The van der Waals surface area contributed by atoms with E-state index in [9.17, 15) is 0 Å². The van der Waals surface area contributed by atoms with Gasteiger partial charge in [-0.2, -0.15) is 0 Å². The normalized spacial score (nSPS) is 17.0. The number of rotatable bonds is 4. The summed E-state index contributed by atoms with van der Waals surface area (Å²) in [6, 6.07) is 8.61. The van der Waals surface area contributed by atoms with E-state index in [1.165, 1.54) is 37.2 Å². The summed E-state index contributed by atoms with van der Waals surface area (Å²) in [4.78, 5) is 6.98. The fourth-order valence-electron chi connectivity index (χ4n) is 2.81. The molecule has 2 aromatic rings. The first kappa shape index (κ1) is 14.5. The van der Waals surface area contributed by atoms with Gasteiger partial charge < -0.3 is 10.2 Å². The first-order valence-corrected chi connectivity index (χ1v) is 8.53. The molecule has 3 nitrogen and oxygen atoms in total. The predicted molar refractivity (Wildman–Crippen MR) is 91.0 cm³/mol. The molecule has 1 aromatic heterocycles. The maximum Gasteiger partial charge on any atom is 0.0901 e. The van der Waals surface area contributed by atoms with Gasteiger partial charge in [0.15, 0.2) is 0 Å². The number of piperidine rings is 1. The molecule has 1 aliphatic rings. The Morgan fingerprint density at radius 3 is 2.86 bits per heavy atom. The molecule has 0 saturated carbocycles. The molecule has 0 aliphatic carbocycles. The first-order chi connectivity index (χ1) is 10.2. The summed E-state index contributed by atoms with van der Waals surface area (Å²) in [6.07, 6.45) is 2.60. The van der Waals surface area contributed by atoms with E-state index in [1.54, 1.807) is 11.3 Å². The van der Waals surface area contributed by atoms with Crippen LogP contribution in [0.15, 0.2) is 29.6 Å². The smallest absolute Gasteiger partial charge is 0.0901 e. The molecule has 1 N–H and O–H groups in total. The van der Waals surface area contributed by atoms with E-state index in [-0.39, 0.29) is 0 Å². The van der Waals surface area contributed by atoms with Gasteiger partial charge in [0.2, 0.25) is 0 Å². The van der Waals surface area contributed by atoms with Gasteiger partial charge in [0.25, 0.3) is 0 Å². The second-order valence-corrected chi connectivity index (χ2v) is 7.02. The minimum atomic E-state index is 0.798. The summed E-state index contributed by atoms with van der Waals surface area (Å²) in [5, 5.41) is 6.85. The van der Waals surface area contributed by atoms with Crippen LogP contribution in [-0.4, -0.2) is 36.6 Å². The van der Waals surface area contributed by atoms with E-state index >= 15 is 0 Å². The van der Waals surface area contributed by atoms with Crippen LogP contribution in [0.3, 0.4) is 0 Å². The number of thiazole rings is 1. The highest BCUT2D eigenvalue weighted by Crippen LogP contribution is 2.25. The summed E-state index contributed by atoms with van der Waals surface area (Å²) in [7, 11) is 2.21. The summed E-state index contributed by atoms with van der Waals surface area (Å²) in [6.45, 7) is 5.58. The van der Waals surface area contributed by atoms with Crippen molar-refractivity contribution in [3.05, 3.63) is 34.7 Å². The van der Waals surface area contributed by atoms with Crippen molar-refractivity contribution < 1.29 is 0 Å². The highest BCUT2D eigenvalue weighted by Gasteiger charge is 2.16. The number of likely N-dealkylation sites (tertiary alicyclic amines) is 1. The van der Waals surface area contributed by atoms with E-state index in [1.807, 2.05) is 0 Å². The van der Waals surface area contributed by atoms with Crippen molar-refractivity contribution in [1.82, 2.24) is 9.88 Å².